The van der Waals surface area contributed by atoms with Crippen molar-refractivity contribution in [3.63, 3.8) is 0 Å². The Morgan fingerprint density at radius 2 is 2.30 bits per heavy atom. The smallest absolute Gasteiger partial charge is 0.115 e. The Balaban J connectivity index is 2.35. The summed E-state index contributed by atoms with van der Waals surface area (Å²) in [5.74, 6) is 0. The van der Waals surface area contributed by atoms with E-state index in [1.54, 1.807) is 4.90 Å². The molecule has 60 valence electrons. The van der Waals surface area contributed by atoms with Crippen molar-refractivity contribution in [2.75, 3.05) is 19.8 Å². The molecule has 1 saturated heterocycles. The van der Waals surface area contributed by atoms with Crippen LogP contribution in [0.15, 0.2) is 0 Å². The van der Waals surface area contributed by atoms with Crippen LogP contribution in [0, 0.1) is 0 Å². The van der Waals surface area contributed by atoms with Gasteiger partial charge >= 0.3 is 0 Å². The van der Waals surface area contributed by atoms with E-state index < -0.39 is 12.3 Å². The molecule has 1 rings (SSSR count). The number of aliphatic hydroxyl groups excluding tert-OH is 1. The first-order valence-corrected chi connectivity index (χ1v) is 3.47. The molecule has 1 heterocycles. The van der Waals surface area contributed by atoms with Crippen molar-refractivity contribution >= 4 is 0 Å². The summed E-state index contributed by atoms with van der Waals surface area (Å²) in [6.45, 7) is 1.21. The van der Waals surface area contributed by atoms with Crippen LogP contribution >= 0.6 is 0 Å². The number of nitrogens with zero attached hydrogens (tertiary/aromatic N) is 1. The summed E-state index contributed by atoms with van der Waals surface area (Å²) in [5.41, 5.74) is 5.28. The summed E-state index contributed by atoms with van der Waals surface area (Å²) in [6.07, 6.45) is -1.18. The molecule has 1 aliphatic heterocycles. The fourth-order valence-corrected chi connectivity index (χ4v) is 1.25. The number of alkyl halides is 1. The van der Waals surface area contributed by atoms with Crippen molar-refractivity contribution in [2.45, 2.75) is 18.7 Å². The highest BCUT2D eigenvalue weighted by Crippen LogP contribution is 2.11. The topological polar surface area (TPSA) is 49.5 Å². The van der Waals surface area contributed by atoms with E-state index in [-0.39, 0.29) is 6.42 Å². The number of rotatable bonds is 1. The molecular formula is C6H13FN2O. The Morgan fingerprint density at radius 3 is 2.80 bits per heavy atom. The van der Waals surface area contributed by atoms with Gasteiger partial charge in [-0.3, -0.25) is 4.90 Å². The number of hydrogen-bond acceptors (Lipinski definition) is 3. The third-order valence-corrected chi connectivity index (χ3v) is 1.71. The first-order valence-electron chi connectivity index (χ1n) is 3.47. The van der Waals surface area contributed by atoms with Crippen molar-refractivity contribution in [3.8, 4) is 0 Å². The molecule has 0 saturated carbocycles. The highest BCUT2D eigenvalue weighted by molar-refractivity contribution is 4.77. The standard InChI is InChI=1S/C6H13FN2O/c7-5-1-6(10)3-9(2-5)4-8/h5-6,10H,1-4,8H2. The molecule has 0 spiro atoms. The lowest BCUT2D eigenvalue weighted by Gasteiger charge is -2.30. The quantitative estimate of drug-likeness (QED) is 0.517. The average Bonchev–Trinajstić information content (AvgIpc) is 1.85. The van der Waals surface area contributed by atoms with Crippen LogP contribution < -0.4 is 5.73 Å². The lowest BCUT2D eigenvalue weighted by Crippen LogP contribution is -2.46. The van der Waals surface area contributed by atoms with Crippen LogP contribution in [0.5, 0.6) is 0 Å². The third kappa shape index (κ3) is 1.90. The van der Waals surface area contributed by atoms with Crippen LogP contribution in [0.3, 0.4) is 0 Å². The number of halogens is 1. The van der Waals surface area contributed by atoms with Gasteiger partial charge < -0.3 is 10.8 Å². The fourth-order valence-electron chi connectivity index (χ4n) is 1.25. The number of nitrogens with two attached hydrogens (primary N) is 1. The number of β-amino-alcohol motifs (C(OH)–C–C–N with tert-alkyl or cyclic N) is 1. The minimum Gasteiger partial charge on any atom is -0.392 e. The molecule has 0 aromatic heterocycles. The third-order valence-electron chi connectivity index (χ3n) is 1.71. The number of hydrogen-bond donors (Lipinski definition) is 2. The van der Waals surface area contributed by atoms with E-state index in [1.165, 1.54) is 0 Å². The Hall–Kier alpha value is -0.190. The van der Waals surface area contributed by atoms with Gasteiger partial charge in [0.2, 0.25) is 0 Å². The van der Waals surface area contributed by atoms with E-state index in [0.29, 0.717) is 19.8 Å². The second-order valence-corrected chi connectivity index (χ2v) is 2.71. The molecule has 1 fully saturated rings. The summed E-state index contributed by atoms with van der Waals surface area (Å²) in [6, 6.07) is 0. The van der Waals surface area contributed by atoms with Gasteiger partial charge in [0.15, 0.2) is 0 Å². The van der Waals surface area contributed by atoms with Gasteiger partial charge in [-0.05, 0) is 0 Å². The Morgan fingerprint density at radius 1 is 1.60 bits per heavy atom. The molecule has 10 heavy (non-hydrogen) atoms. The lowest BCUT2D eigenvalue weighted by molar-refractivity contribution is 0.0275. The molecule has 3 N–H and O–H groups in total. The van der Waals surface area contributed by atoms with Gasteiger partial charge in [-0.2, -0.15) is 0 Å². The molecular weight excluding hydrogens is 135 g/mol. The summed E-state index contributed by atoms with van der Waals surface area (Å²) in [7, 11) is 0. The second-order valence-electron chi connectivity index (χ2n) is 2.71. The van der Waals surface area contributed by atoms with Crippen molar-refractivity contribution < 1.29 is 9.50 Å². The highest BCUT2D eigenvalue weighted by atomic mass is 19.1. The second kappa shape index (κ2) is 3.27. The van der Waals surface area contributed by atoms with Crippen molar-refractivity contribution in [1.29, 1.82) is 0 Å². The van der Waals surface area contributed by atoms with E-state index in [9.17, 15) is 4.39 Å². The van der Waals surface area contributed by atoms with E-state index in [0.717, 1.165) is 0 Å². The zero-order valence-corrected chi connectivity index (χ0v) is 5.83. The zero-order valence-electron chi connectivity index (χ0n) is 5.83. The maximum absolute atomic E-state index is 12.6. The van der Waals surface area contributed by atoms with Gasteiger partial charge in [0.25, 0.3) is 0 Å². The first kappa shape index (κ1) is 7.91. The van der Waals surface area contributed by atoms with Gasteiger partial charge in [-0.25, -0.2) is 4.39 Å². The van der Waals surface area contributed by atoms with E-state index in [1.807, 2.05) is 0 Å². The van der Waals surface area contributed by atoms with Crippen LogP contribution in [-0.2, 0) is 0 Å². The molecule has 0 radical (unpaired) electrons. The van der Waals surface area contributed by atoms with E-state index >= 15 is 0 Å². The molecule has 2 unspecified atom stereocenters. The summed E-state index contributed by atoms with van der Waals surface area (Å²) in [5, 5.41) is 9.04. The largest absolute Gasteiger partial charge is 0.392 e. The van der Waals surface area contributed by atoms with Crippen LogP contribution in [0.25, 0.3) is 0 Å². The number of aliphatic hydroxyl groups is 1. The van der Waals surface area contributed by atoms with Crippen LogP contribution in [0.1, 0.15) is 6.42 Å². The minimum atomic E-state index is -0.910. The Labute approximate surface area is 59.6 Å². The lowest BCUT2D eigenvalue weighted by atomic mass is 10.1. The molecule has 4 heteroatoms. The SMILES string of the molecule is NCN1CC(O)CC(F)C1. The molecule has 2 atom stereocenters. The van der Waals surface area contributed by atoms with Crippen LogP contribution in [0.4, 0.5) is 4.39 Å². The maximum atomic E-state index is 12.6. The zero-order chi connectivity index (χ0) is 7.56. The monoisotopic (exact) mass is 148 g/mol. The first-order chi connectivity index (χ1) is 4.72. The fraction of sp³-hybridized carbons (Fsp3) is 1.00. The summed E-state index contributed by atoms with van der Waals surface area (Å²) < 4.78 is 12.6. The minimum absolute atomic E-state index is 0.260. The Bertz CT molecular complexity index is 102. The predicted molar refractivity (Wildman–Crippen MR) is 36.1 cm³/mol. The summed E-state index contributed by atoms with van der Waals surface area (Å²) >= 11 is 0. The van der Waals surface area contributed by atoms with Crippen molar-refractivity contribution in [1.82, 2.24) is 4.90 Å². The molecule has 1 aliphatic rings. The molecule has 0 bridgehead atoms. The van der Waals surface area contributed by atoms with Crippen molar-refractivity contribution in [2.24, 2.45) is 5.73 Å². The molecule has 0 aromatic rings. The molecule has 0 amide bonds. The molecule has 3 nitrogen and oxygen atoms in total. The van der Waals surface area contributed by atoms with E-state index in [4.69, 9.17) is 10.8 Å². The van der Waals surface area contributed by atoms with Gasteiger partial charge in [0.1, 0.15) is 6.17 Å². The maximum Gasteiger partial charge on any atom is 0.115 e. The highest BCUT2D eigenvalue weighted by Gasteiger charge is 2.24. The normalized spacial score (nSPS) is 36.3. The van der Waals surface area contributed by atoms with Crippen molar-refractivity contribution in [3.05, 3.63) is 0 Å². The van der Waals surface area contributed by atoms with Gasteiger partial charge in [-0.1, -0.05) is 0 Å². The van der Waals surface area contributed by atoms with Crippen LogP contribution in [0.2, 0.25) is 0 Å². The van der Waals surface area contributed by atoms with Crippen LogP contribution in [-0.4, -0.2) is 42.0 Å². The predicted octanol–water partition coefficient (Wildman–Crippen LogP) is -0.693. The molecule has 0 aromatic carbocycles. The number of likely N-dealkylation sites (tertiary alicyclic amines) is 1. The van der Waals surface area contributed by atoms with Gasteiger partial charge in [0.05, 0.1) is 6.10 Å². The van der Waals surface area contributed by atoms with Gasteiger partial charge in [0, 0.05) is 26.2 Å². The van der Waals surface area contributed by atoms with E-state index in [2.05, 4.69) is 0 Å². The Kier molecular flexibility index (Phi) is 2.59. The number of piperidine rings is 1. The average molecular weight is 148 g/mol. The molecule has 0 aliphatic carbocycles. The van der Waals surface area contributed by atoms with Gasteiger partial charge in [-0.15, -0.1) is 0 Å². The summed E-state index contributed by atoms with van der Waals surface area (Å²) in [4.78, 5) is 1.71.